The summed E-state index contributed by atoms with van der Waals surface area (Å²) >= 11 is 6.07. The van der Waals surface area contributed by atoms with Crippen LogP contribution in [-0.2, 0) is 10.0 Å². The predicted molar refractivity (Wildman–Crippen MR) is 111 cm³/mol. The number of ether oxygens (including phenoxy) is 1. The van der Waals surface area contributed by atoms with Crippen LogP contribution in [0.5, 0.6) is 5.75 Å². The zero-order valence-corrected chi connectivity index (χ0v) is 17.3. The first-order chi connectivity index (χ1) is 13.3. The van der Waals surface area contributed by atoms with Crippen molar-refractivity contribution in [1.29, 1.82) is 0 Å². The minimum absolute atomic E-state index is 0.265. The van der Waals surface area contributed by atoms with Crippen molar-refractivity contribution in [3.05, 3.63) is 53.1 Å². The van der Waals surface area contributed by atoms with Crippen molar-refractivity contribution in [2.45, 2.75) is 0 Å². The van der Waals surface area contributed by atoms with Gasteiger partial charge in [-0.25, -0.2) is 8.42 Å². The van der Waals surface area contributed by atoms with Crippen LogP contribution in [-0.4, -0.2) is 58.2 Å². The van der Waals surface area contributed by atoms with E-state index in [1.807, 2.05) is 24.3 Å². The van der Waals surface area contributed by atoms with Gasteiger partial charge < -0.3 is 15.0 Å². The molecule has 7 nitrogen and oxygen atoms in total. The summed E-state index contributed by atoms with van der Waals surface area (Å²) in [6.07, 6.45) is 1.23. The summed E-state index contributed by atoms with van der Waals surface area (Å²) in [7, 11) is -1.63. The van der Waals surface area contributed by atoms with Gasteiger partial charge in [0.25, 0.3) is 5.91 Å². The zero-order valence-electron chi connectivity index (χ0n) is 15.7. The average molecular weight is 424 g/mol. The second kappa shape index (κ2) is 8.38. The standard InChI is InChI=1S/C19H22ClN3O4S/c1-27-18-8-3-14(13-17(18)20)19(24)21-15-4-6-16(7-5-15)22-9-11-23(12-10-22)28(2,25)26/h3-8,13H,9-12H2,1-2H3,(H,21,24). The number of hydrogen-bond donors (Lipinski definition) is 1. The maximum atomic E-state index is 12.4. The lowest BCUT2D eigenvalue weighted by Crippen LogP contribution is -2.48. The Morgan fingerprint density at radius 2 is 1.71 bits per heavy atom. The van der Waals surface area contributed by atoms with Gasteiger partial charge in [-0.2, -0.15) is 4.31 Å². The molecular formula is C19H22ClN3O4S. The van der Waals surface area contributed by atoms with Gasteiger partial charge in [0.1, 0.15) is 5.75 Å². The number of halogens is 1. The monoisotopic (exact) mass is 423 g/mol. The van der Waals surface area contributed by atoms with E-state index in [0.29, 0.717) is 48.2 Å². The van der Waals surface area contributed by atoms with Gasteiger partial charge >= 0.3 is 0 Å². The largest absolute Gasteiger partial charge is 0.495 e. The number of hydrogen-bond acceptors (Lipinski definition) is 5. The molecule has 0 spiro atoms. The lowest BCUT2D eigenvalue weighted by Gasteiger charge is -2.34. The maximum Gasteiger partial charge on any atom is 0.255 e. The minimum Gasteiger partial charge on any atom is -0.495 e. The molecule has 0 unspecified atom stereocenters. The third-order valence-corrected chi connectivity index (χ3v) is 6.21. The zero-order chi connectivity index (χ0) is 20.3. The Morgan fingerprint density at radius 1 is 1.07 bits per heavy atom. The van der Waals surface area contributed by atoms with Gasteiger partial charge in [-0.15, -0.1) is 0 Å². The summed E-state index contributed by atoms with van der Waals surface area (Å²) in [5.41, 5.74) is 2.08. The Bertz CT molecular complexity index is 956. The van der Waals surface area contributed by atoms with Crippen LogP contribution in [0.25, 0.3) is 0 Å². The number of nitrogens with one attached hydrogen (secondary N) is 1. The molecule has 1 heterocycles. The van der Waals surface area contributed by atoms with Crippen LogP contribution in [0.2, 0.25) is 5.02 Å². The van der Waals surface area contributed by atoms with Crippen molar-refractivity contribution in [2.75, 3.05) is 49.8 Å². The molecule has 0 aliphatic carbocycles. The SMILES string of the molecule is COc1ccc(C(=O)Nc2ccc(N3CCN(S(C)(=O)=O)CC3)cc2)cc1Cl. The number of piperazine rings is 1. The van der Waals surface area contributed by atoms with Gasteiger partial charge in [-0.1, -0.05) is 11.6 Å². The second-order valence-corrected chi connectivity index (χ2v) is 8.89. The third kappa shape index (κ3) is 4.76. The number of carbonyl (C=O) groups is 1. The highest BCUT2D eigenvalue weighted by Crippen LogP contribution is 2.26. The Hall–Kier alpha value is -2.29. The van der Waals surface area contributed by atoms with E-state index in [9.17, 15) is 13.2 Å². The van der Waals surface area contributed by atoms with E-state index >= 15 is 0 Å². The lowest BCUT2D eigenvalue weighted by atomic mass is 10.2. The molecule has 1 aliphatic heterocycles. The molecule has 2 aromatic rings. The van der Waals surface area contributed by atoms with E-state index in [4.69, 9.17) is 16.3 Å². The smallest absolute Gasteiger partial charge is 0.255 e. The van der Waals surface area contributed by atoms with Crippen molar-refractivity contribution < 1.29 is 17.9 Å². The van der Waals surface area contributed by atoms with Gasteiger partial charge in [0.15, 0.2) is 0 Å². The molecule has 0 radical (unpaired) electrons. The van der Waals surface area contributed by atoms with Gasteiger partial charge in [0.2, 0.25) is 10.0 Å². The number of benzene rings is 2. The highest BCUT2D eigenvalue weighted by Gasteiger charge is 2.23. The molecule has 0 saturated carbocycles. The molecule has 9 heteroatoms. The fourth-order valence-electron chi connectivity index (χ4n) is 3.04. The normalized spacial score (nSPS) is 15.3. The first-order valence-corrected chi connectivity index (χ1v) is 11.0. The quantitative estimate of drug-likeness (QED) is 0.799. The van der Waals surface area contributed by atoms with Crippen molar-refractivity contribution in [3.8, 4) is 5.75 Å². The van der Waals surface area contributed by atoms with E-state index in [1.54, 1.807) is 18.2 Å². The number of carbonyl (C=O) groups excluding carboxylic acids is 1. The predicted octanol–water partition coefficient (Wildman–Crippen LogP) is 2.68. The van der Waals surface area contributed by atoms with E-state index in [2.05, 4.69) is 10.2 Å². The molecule has 1 aliphatic rings. The number of anilines is 2. The number of nitrogens with zero attached hydrogens (tertiary/aromatic N) is 2. The topological polar surface area (TPSA) is 79.0 Å². The molecule has 1 saturated heterocycles. The van der Waals surface area contributed by atoms with Crippen molar-refractivity contribution in [3.63, 3.8) is 0 Å². The van der Waals surface area contributed by atoms with Crippen molar-refractivity contribution in [1.82, 2.24) is 4.31 Å². The Balaban J connectivity index is 1.62. The highest BCUT2D eigenvalue weighted by molar-refractivity contribution is 7.88. The summed E-state index contributed by atoms with van der Waals surface area (Å²) in [6, 6.07) is 12.3. The van der Waals surface area contributed by atoms with E-state index in [-0.39, 0.29) is 5.91 Å². The minimum atomic E-state index is -3.14. The summed E-state index contributed by atoms with van der Waals surface area (Å²) in [5.74, 6) is 0.248. The molecule has 2 aromatic carbocycles. The summed E-state index contributed by atoms with van der Waals surface area (Å²) in [6.45, 7) is 2.19. The van der Waals surface area contributed by atoms with Crippen LogP contribution in [0.4, 0.5) is 11.4 Å². The summed E-state index contributed by atoms with van der Waals surface area (Å²) in [5, 5.41) is 3.21. The molecule has 0 atom stereocenters. The molecular weight excluding hydrogens is 402 g/mol. The van der Waals surface area contributed by atoms with Crippen LogP contribution in [0.1, 0.15) is 10.4 Å². The number of rotatable bonds is 5. The second-order valence-electron chi connectivity index (χ2n) is 6.50. The molecule has 0 bridgehead atoms. The molecule has 1 fully saturated rings. The maximum absolute atomic E-state index is 12.4. The van der Waals surface area contributed by atoms with Crippen LogP contribution < -0.4 is 15.0 Å². The first kappa shape index (κ1) is 20.4. The van der Waals surface area contributed by atoms with Crippen LogP contribution >= 0.6 is 11.6 Å². The Morgan fingerprint density at radius 3 is 2.25 bits per heavy atom. The molecule has 0 aromatic heterocycles. The highest BCUT2D eigenvalue weighted by atomic mass is 35.5. The Labute approximate surface area is 169 Å². The number of methoxy groups -OCH3 is 1. The molecule has 1 N–H and O–H groups in total. The fourth-order valence-corrected chi connectivity index (χ4v) is 4.13. The van der Waals surface area contributed by atoms with Gasteiger partial charge in [0, 0.05) is 43.1 Å². The van der Waals surface area contributed by atoms with Gasteiger partial charge in [0.05, 0.1) is 18.4 Å². The molecule has 3 rings (SSSR count). The van der Waals surface area contributed by atoms with Crippen LogP contribution in [0, 0.1) is 0 Å². The van der Waals surface area contributed by atoms with Crippen LogP contribution in [0.3, 0.4) is 0 Å². The van der Waals surface area contributed by atoms with E-state index in [0.717, 1.165) is 5.69 Å². The van der Waals surface area contributed by atoms with Crippen molar-refractivity contribution >= 4 is 38.9 Å². The van der Waals surface area contributed by atoms with E-state index < -0.39 is 10.0 Å². The van der Waals surface area contributed by atoms with Crippen LogP contribution in [0.15, 0.2) is 42.5 Å². The first-order valence-electron chi connectivity index (χ1n) is 8.73. The molecule has 150 valence electrons. The van der Waals surface area contributed by atoms with Gasteiger partial charge in [-0.05, 0) is 42.5 Å². The van der Waals surface area contributed by atoms with Crippen molar-refractivity contribution in [2.24, 2.45) is 0 Å². The summed E-state index contributed by atoms with van der Waals surface area (Å²) < 4.78 is 29.8. The van der Waals surface area contributed by atoms with Gasteiger partial charge in [-0.3, -0.25) is 4.79 Å². The lowest BCUT2D eigenvalue weighted by molar-refractivity contribution is 0.102. The molecule has 28 heavy (non-hydrogen) atoms. The third-order valence-electron chi connectivity index (χ3n) is 4.61. The summed E-state index contributed by atoms with van der Waals surface area (Å²) in [4.78, 5) is 14.5. The number of sulfonamides is 1. The Kier molecular flexibility index (Phi) is 6.12. The van der Waals surface area contributed by atoms with E-state index in [1.165, 1.54) is 17.7 Å². The fraction of sp³-hybridized carbons (Fsp3) is 0.316. The number of amides is 1. The molecule has 1 amide bonds. The average Bonchev–Trinajstić information content (AvgIpc) is 2.68.